The highest BCUT2D eigenvalue weighted by Crippen LogP contribution is 2.32. The Kier molecular flexibility index (Phi) is 3.56. The molecule has 1 aliphatic heterocycles. The van der Waals surface area contributed by atoms with Crippen LogP contribution in [-0.2, 0) is 4.74 Å². The molecule has 1 heterocycles. The molecule has 0 amide bonds. The van der Waals surface area contributed by atoms with Gasteiger partial charge in [-0.1, -0.05) is 11.6 Å². The first-order chi connectivity index (χ1) is 8.07. The lowest BCUT2D eigenvalue weighted by Gasteiger charge is -2.33. The summed E-state index contributed by atoms with van der Waals surface area (Å²) < 4.78 is 18.7. The molecular formula is C12H16ClFN2O. The van der Waals surface area contributed by atoms with Gasteiger partial charge < -0.3 is 15.8 Å². The van der Waals surface area contributed by atoms with Crippen molar-refractivity contribution in [1.82, 2.24) is 0 Å². The molecule has 0 aromatic heterocycles. The molecule has 0 saturated carbocycles. The molecule has 3 N–H and O–H groups in total. The van der Waals surface area contributed by atoms with E-state index < -0.39 is 0 Å². The molecule has 94 valence electrons. The van der Waals surface area contributed by atoms with Crippen LogP contribution in [-0.4, -0.2) is 24.8 Å². The van der Waals surface area contributed by atoms with E-state index >= 15 is 0 Å². The Morgan fingerprint density at radius 2 is 2.41 bits per heavy atom. The molecule has 1 aromatic rings. The zero-order valence-corrected chi connectivity index (χ0v) is 10.4. The maximum atomic E-state index is 13.2. The van der Waals surface area contributed by atoms with E-state index in [0.717, 1.165) is 6.42 Å². The Morgan fingerprint density at radius 3 is 3.00 bits per heavy atom. The number of benzene rings is 1. The SMILES string of the molecule is CC1OCCC1(CN)Nc1cc(F)ccc1Cl. The molecule has 2 unspecified atom stereocenters. The zero-order valence-electron chi connectivity index (χ0n) is 9.67. The minimum Gasteiger partial charge on any atom is -0.376 e. The van der Waals surface area contributed by atoms with Crippen LogP contribution in [0, 0.1) is 5.82 Å². The standard InChI is InChI=1S/C12H16ClFN2O/c1-8-12(7-15,4-5-17-8)16-11-6-9(14)2-3-10(11)13/h2-3,6,8,16H,4-5,7,15H2,1H3. The van der Waals surface area contributed by atoms with E-state index in [2.05, 4.69) is 5.32 Å². The second-order valence-corrected chi connectivity index (χ2v) is 4.78. The first-order valence-corrected chi connectivity index (χ1v) is 6.00. The van der Waals surface area contributed by atoms with Gasteiger partial charge in [-0.2, -0.15) is 0 Å². The van der Waals surface area contributed by atoms with Gasteiger partial charge in [-0.25, -0.2) is 4.39 Å². The number of halogens is 2. The van der Waals surface area contributed by atoms with E-state index in [-0.39, 0.29) is 17.5 Å². The number of hydrogen-bond acceptors (Lipinski definition) is 3. The van der Waals surface area contributed by atoms with Crippen molar-refractivity contribution in [3.05, 3.63) is 29.0 Å². The van der Waals surface area contributed by atoms with Crippen LogP contribution in [0.5, 0.6) is 0 Å². The van der Waals surface area contributed by atoms with Crippen LogP contribution in [0.25, 0.3) is 0 Å². The van der Waals surface area contributed by atoms with Crippen LogP contribution in [0.4, 0.5) is 10.1 Å². The van der Waals surface area contributed by atoms with Crippen LogP contribution in [0.3, 0.4) is 0 Å². The molecule has 17 heavy (non-hydrogen) atoms. The normalized spacial score (nSPS) is 28.4. The van der Waals surface area contributed by atoms with Gasteiger partial charge >= 0.3 is 0 Å². The predicted molar refractivity (Wildman–Crippen MR) is 66.8 cm³/mol. The zero-order chi connectivity index (χ0) is 12.5. The number of anilines is 1. The van der Waals surface area contributed by atoms with E-state index in [4.69, 9.17) is 22.1 Å². The van der Waals surface area contributed by atoms with Crippen molar-refractivity contribution in [3.8, 4) is 0 Å². The van der Waals surface area contributed by atoms with Crippen molar-refractivity contribution in [2.24, 2.45) is 5.73 Å². The number of nitrogens with two attached hydrogens (primary N) is 1. The fourth-order valence-electron chi connectivity index (χ4n) is 2.13. The number of ether oxygens (including phenoxy) is 1. The fraction of sp³-hybridized carbons (Fsp3) is 0.500. The molecule has 1 aromatic carbocycles. The summed E-state index contributed by atoms with van der Waals surface area (Å²) in [7, 11) is 0. The highest BCUT2D eigenvalue weighted by Gasteiger charge is 2.40. The summed E-state index contributed by atoms with van der Waals surface area (Å²) in [5, 5.41) is 3.73. The molecule has 1 saturated heterocycles. The lowest BCUT2D eigenvalue weighted by molar-refractivity contribution is 0.103. The van der Waals surface area contributed by atoms with Gasteiger partial charge in [-0.3, -0.25) is 0 Å². The third kappa shape index (κ3) is 2.39. The second-order valence-electron chi connectivity index (χ2n) is 4.37. The van der Waals surface area contributed by atoms with Gasteiger partial charge in [0, 0.05) is 13.2 Å². The monoisotopic (exact) mass is 258 g/mol. The number of hydrogen-bond donors (Lipinski definition) is 2. The Hall–Kier alpha value is -0.840. The smallest absolute Gasteiger partial charge is 0.125 e. The number of nitrogens with one attached hydrogen (secondary N) is 1. The molecule has 0 radical (unpaired) electrons. The van der Waals surface area contributed by atoms with Gasteiger partial charge in [0.05, 0.1) is 22.4 Å². The average molecular weight is 259 g/mol. The van der Waals surface area contributed by atoms with Crippen LogP contribution in [0.1, 0.15) is 13.3 Å². The first kappa shape index (κ1) is 12.6. The van der Waals surface area contributed by atoms with Crippen LogP contribution in [0.2, 0.25) is 5.02 Å². The van der Waals surface area contributed by atoms with Gasteiger partial charge in [-0.05, 0) is 31.5 Å². The maximum absolute atomic E-state index is 13.2. The predicted octanol–water partition coefficient (Wildman–Crippen LogP) is 2.40. The molecular weight excluding hydrogens is 243 g/mol. The summed E-state index contributed by atoms with van der Waals surface area (Å²) in [4.78, 5) is 0. The first-order valence-electron chi connectivity index (χ1n) is 5.62. The van der Waals surface area contributed by atoms with Crippen molar-refractivity contribution in [2.75, 3.05) is 18.5 Å². The summed E-state index contributed by atoms with van der Waals surface area (Å²) in [6.07, 6.45) is 0.768. The molecule has 5 heteroatoms. The van der Waals surface area contributed by atoms with Gasteiger partial charge in [0.2, 0.25) is 0 Å². The molecule has 2 rings (SSSR count). The van der Waals surface area contributed by atoms with Gasteiger partial charge in [0.1, 0.15) is 5.82 Å². The lowest BCUT2D eigenvalue weighted by Crippen LogP contribution is -2.50. The van der Waals surface area contributed by atoms with Crippen LogP contribution < -0.4 is 11.1 Å². The Morgan fingerprint density at radius 1 is 1.65 bits per heavy atom. The van der Waals surface area contributed by atoms with Crippen LogP contribution in [0.15, 0.2) is 18.2 Å². The van der Waals surface area contributed by atoms with Crippen molar-refractivity contribution < 1.29 is 9.13 Å². The van der Waals surface area contributed by atoms with Crippen molar-refractivity contribution in [1.29, 1.82) is 0 Å². The highest BCUT2D eigenvalue weighted by molar-refractivity contribution is 6.33. The topological polar surface area (TPSA) is 47.3 Å². The number of rotatable bonds is 3. The van der Waals surface area contributed by atoms with E-state index in [1.807, 2.05) is 6.92 Å². The molecule has 2 atom stereocenters. The Balaban J connectivity index is 2.27. The Bertz CT molecular complexity index is 415. The summed E-state index contributed by atoms with van der Waals surface area (Å²) in [5.41, 5.74) is 6.02. The molecule has 0 aliphatic carbocycles. The van der Waals surface area contributed by atoms with E-state index in [9.17, 15) is 4.39 Å². The molecule has 3 nitrogen and oxygen atoms in total. The van der Waals surface area contributed by atoms with Gasteiger partial charge in [0.15, 0.2) is 0 Å². The molecule has 1 fully saturated rings. The Labute approximate surface area is 105 Å². The molecule has 1 aliphatic rings. The fourth-order valence-corrected chi connectivity index (χ4v) is 2.29. The lowest BCUT2D eigenvalue weighted by atomic mass is 9.91. The average Bonchev–Trinajstić information content (AvgIpc) is 2.66. The maximum Gasteiger partial charge on any atom is 0.125 e. The minimum absolute atomic E-state index is 0.0214. The third-order valence-electron chi connectivity index (χ3n) is 3.37. The van der Waals surface area contributed by atoms with Gasteiger partial charge in [-0.15, -0.1) is 0 Å². The van der Waals surface area contributed by atoms with E-state index in [1.165, 1.54) is 18.2 Å². The largest absolute Gasteiger partial charge is 0.376 e. The van der Waals surface area contributed by atoms with Crippen molar-refractivity contribution in [3.63, 3.8) is 0 Å². The second kappa shape index (κ2) is 4.80. The highest BCUT2D eigenvalue weighted by atomic mass is 35.5. The van der Waals surface area contributed by atoms with Gasteiger partial charge in [0.25, 0.3) is 0 Å². The summed E-state index contributed by atoms with van der Waals surface area (Å²) in [6.45, 7) is 3.03. The molecule has 0 spiro atoms. The van der Waals surface area contributed by atoms with E-state index in [0.29, 0.717) is 23.9 Å². The quantitative estimate of drug-likeness (QED) is 0.875. The minimum atomic E-state index is -0.364. The summed E-state index contributed by atoms with van der Waals surface area (Å²) in [5.74, 6) is -0.323. The summed E-state index contributed by atoms with van der Waals surface area (Å²) in [6, 6.07) is 4.24. The van der Waals surface area contributed by atoms with E-state index in [1.54, 1.807) is 0 Å². The molecule has 0 bridgehead atoms. The third-order valence-corrected chi connectivity index (χ3v) is 3.70. The summed E-state index contributed by atoms with van der Waals surface area (Å²) >= 11 is 6.03. The van der Waals surface area contributed by atoms with Crippen molar-refractivity contribution in [2.45, 2.75) is 25.0 Å². The van der Waals surface area contributed by atoms with Crippen LogP contribution >= 0.6 is 11.6 Å². The van der Waals surface area contributed by atoms with Crippen molar-refractivity contribution >= 4 is 17.3 Å².